The van der Waals surface area contributed by atoms with Gasteiger partial charge in [0.1, 0.15) is 12.4 Å². The van der Waals surface area contributed by atoms with Crippen LogP contribution in [-0.2, 0) is 17.8 Å². The molecule has 24 heavy (non-hydrogen) atoms. The maximum absolute atomic E-state index is 5.98. The summed E-state index contributed by atoms with van der Waals surface area (Å²) in [6.07, 6.45) is 2.28. The number of nitrogens with zero attached hydrogens (tertiary/aromatic N) is 1. The molecule has 0 saturated carbocycles. The lowest BCUT2D eigenvalue weighted by Crippen LogP contribution is -2.36. The van der Waals surface area contributed by atoms with Gasteiger partial charge in [0.2, 0.25) is 0 Å². The quantitative estimate of drug-likeness (QED) is 0.772. The minimum atomic E-state index is 0.629. The van der Waals surface area contributed by atoms with E-state index >= 15 is 0 Å². The Morgan fingerprint density at radius 2 is 1.88 bits per heavy atom. The van der Waals surface area contributed by atoms with Crippen LogP contribution < -0.4 is 4.74 Å². The molecule has 128 valence electrons. The summed E-state index contributed by atoms with van der Waals surface area (Å²) in [4.78, 5) is 2.49. The molecule has 1 saturated heterocycles. The zero-order valence-electron chi connectivity index (χ0n) is 14.5. The van der Waals surface area contributed by atoms with E-state index in [4.69, 9.17) is 9.47 Å². The SMILES string of the molecule is Cc1ccccc1COc1cccc(CCCN2CCOCC2)c1. The normalized spacial score (nSPS) is 15.4. The van der Waals surface area contributed by atoms with Gasteiger partial charge in [-0.3, -0.25) is 4.90 Å². The maximum atomic E-state index is 5.98. The van der Waals surface area contributed by atoms with Crippen molar-refractivity contribution in [2.45, 2.75) is 26.4 Å². The smallest absolute Gasteiger partial charge is 0.120 e. The molecule has 3 heteroatoms. The van der Waals surface area contributed by atoms with Crippen LogP contribution in [0.2, 0.25) is 0 Å². The first-order chi connectivity index (χ1) is 11.8. The lowest BCUT2D eigenvalue weighted by atomic mass is 10.1. The largest absolute Gasteiger partial charge is 0.489 e. The summed E-state index contributed by atoms with van der Waals surface area (Å²) in [5, 5.41) is 0. The molecule has 0 radical (unpaired) electrons. The summed E-state index contributed by atoms with van der Waals surface area (Å²) in [6, 6.07) is 16.9. The molecule has 0 unspecified atom stereocenters. The summed E-state index contributed by atoms with van der Waals surface area (Å²) in [7, 11) is 0. The van der Waals surface area contributed by atoms with Crippen LogP contribution in [-0.4, -0.2) is 37.7 Å². The van der Waals surface area contributed by atoms with Gasteiger partial charge >= 0.3 is 0 Å². The molecule has 0 aliphatic carbocycles. The lowest BCUT2D eigenvalue weighted by molar-refractivity contribution is 0.0374. The van der Waals surface area contributed by atoms with Gasteiger partial charge in [-0.15, -0.1) is 0 Å². The molecule has 3 nitrogen and oxygen atoms in total. The molecule has 1 aliphatic rings. The van der Waals surface area contributed by atoms with Crippen molar-refractivity contribution < 1.29 is 9.47 Å². The molecule has 0 bridgehead atoms. The zero-order chi connectivity index (χ0) is 16.6. The van der Waals surface area contributed by atoms with Crippen molar-refractivity contribution >= 4 is 0 Å². The van der Waals surface area contributed by atoms with Crippen LogP contribution in [0.15, 0.2) is 48.5 Å². The standard InChI is InChI=1S/C21H27NO2/c1-18-6-2-3-9-20(18)17-24-21-10-4-7-19(16-21)8-5-11-22-12-14-23-15-13-22/h2-4,6-7,9-10,16H,5,8,11-15,17H2,1H3. The fraction of sp³-hybridized carbons (Fsp3) is 0.429. The van der Waals surface area contributed by atoms with Crippen LogP contribution >= 0.6 is 0 Å². The van der Waals surface area contributed by atoms with Gasteiger partial charge in [0.05, 0.1) is 13.2 Å². The van der Waals surface area contributed by atoms with E-state index in [9.17, 15) is 0 Å². The molecule has 2 aromatic rings. The fourth-order valence-electron chi connectivity index (χ4n) is 3.06. The van der Waals surface area contributed by atoms with Crippen LogP contribution in [0.4, 0.5) is 0 Å². The second-order valence-electron chi connectivity index (χ2n) is 6.42. The highest BCUT2D eigenvalue weighted by molar-refractivity contribution is 5.30. The van der Waals surface area contributed by atoms with Gasteiger partial charge in [0, 0.05) is 13.1 Å². The number of aryl methyl sites for hydroxylation is 2. The molecule has 0 N–H and O–H groups in total. The van der Waals surface area contributed by atoms with Gasteiger partial charge < -0.3 is 9.47 Å². The van der Waals surface area contributed by atoms with Gasteiger partial charge in [-0.2, -0.15) is 0 Å². The van der Waals surface area contributed by atoms with Crippen LogP contribution in [0.5, 0.6) is 5.75 Å². The van der Waals surface area contributed by atoms with Crippen LogP contribution in [0.1, 0.15) is 23.1 Å². The van der Waals surface area contributed by atoms with E-state index in [2.05, 4.69) is 54.3 Å². The molecule has 1 aliphatic heterocycles. The van der Waals surface area contributed by atoms with Crippen molar-refractivity contribution in [1.82, 2.24) is 4.90 Å². The summed E-state index contributed by atoms with van der Waals surface area (Å²) in [6.45, 7) is 7.80. The molecular weight excluding hydrogens is 298 g/mol. The van der Waals surface area contributed by atoms with Gasteiger partial charge in [-0.05, 0) is 55.1 Å². The summed E-state index contributed by atoms with van der Waals surface area (Å²) in [5.41, 5.74) is 3.87. The summed E-state index contributed by atoms with van der Waals surface area (Å²) < 4.78 is 11.4. The number of benzene rings is 2. The average Bonchev–Trinajstić information content (AvgIpc) is 2.62. The van der Waals surface area contributed by atoms with Gasteiger partial charge in [0.25, 0.3) is 0 Å². The molecule has 0 spiro atoms. The Morgan fingerprint density at radius 3 is 2.71 bits per heavy atom. The second-order valence-corrected chi connectivity index (χ2v) is 6.42. The van der Waals surface area contributed by atoms with E-state index in [1.54, 1.807) is 0 Å². The molecule has 0 atom stereocenters. The van der Waals surface area contributed by atoms with Crippen molar-refractivity contribution in [3.8, 4) is 5.75 Å². The summed E-state index contributed by atoms with van der Waals surface area (Å²) >= 11 is 0. The highest BCUT2D eigenvalue weighted by atomic mass is 16.5. The van der Waals surface area contributed by atoms with Crippen molar-refractivity contribution in [2.75, 3.05) is 32.8 Å². The maximum Gasteiger partial charge on any atom is 0.120 e. The van der Waals surface area contributed by atoms with E-state index in [-0.39, 0.29) is 0 Å². The van der Waals surface area contributed by atoms with E-state index in [0.29, 0.717) is 6.61 Å². The Balaban J connectivity index is 1.47. The van der Waals surface area contributed by atoms with Gasteiger partial charge in [-0.25, -0.2) is 0 Å². The molecule has 1 fully saturated rings. The Labute approximate surface area is 145 Å². The number of ether oxygens (including phenoxy) is 2. The molecule has 0 amide bonds. The van der Waals surface area contributed by atoms with Gasteiger partial charge in [0.15, 0.2) is 0 Å². The molecule has 1 heterocycles. The average molecular weight is 325 g/mol. The Kier molecular flexibility index (Phi) is 6.27. The predicted octanol–water partition coefficient (Wildman–Crippen LogP) is 3.84. The monoisotopic (exact) mass is 325 g/mol. The second kappa shape index (κ2) is 8.86. The zero-order valence-corrected chi connectivity index (χ0v) is 14.5. The third-order valence-corrected chi connectivity index (χ3v) is 4.60. The van der Waals surface area contributed by atoms with Crippen molar-refractivity contribution in [1.29, 1.82) is 0 Å². The molecule has 0 aromatic heterocycles. The van der Waals surface area contributed by atoms with E-state index < -0.39 is 0 Å². The predicted molar refractivity (Wildman–Crippen MR) is 97.5 cm³/mol. The topological polar surface area (TPSA) is 21.7 Å². The first-order valence-electron chi connectivity index (χ1n) is 8.87. The first-order valence-corrected chi connectivity index (χ1v) is 8.87. The summed E-state index contributed by atoms with van der Waals surface area (Å²) in [5.74, 6) is 0.960. The molecular formula is C21H27NO2. The molecule has 2 aromatic carbocycles. The van der Waals surface area contributed by atoms with Crippen LogP contribution in [0.25, 0.3) is 0 Å². The van der Waals surface area contributed by atoms with Gasteiger partial charge in [-0.1, -0.05) is 36.4 Å². The van der Waals surface area contributed by atoms with E-state index in [1.165, 1.54) is 23.1 Å². The van der Waals surface area contributed by atoms with Crippen LogP contribution in [0.3, 0.4) is 0 Å². The number of rotatable bonds is 7. The van der Waals surface area contributed by atoms with Crippen molar-refractivity contribution in [3.05, 3.63) is 65.2 Å². The van der Waals surface area contributed by atoms with Crippen LogP contribution in [0, 0.1) is 6.92 Å². The highest BCUT2D eigenvalue weighted by Gasteiger charge is 2.09. The van der Waals surface area contributed by atoms with E-state index in [0.717, 1.165) is 45.0 Å². The number of hydrogen-bond acceptors (Lipinski definition) is 3. The highest BCUT2D eigenvalue weighted by Crippen LogP contribution is 2.17. The Bertz CT molecular complexity index is 635. The Hall–Kier alpha value is -1.84. The lowest BCUT2D eigenvalue weighted by Gasteiger charge is -2.26. The number of morpholine rings is 1. The minimum Gasteiger partial charge on any atom is -0.489 e. The number of hydrogen-bond donors (Lipinski definition) is 0. The fourth-order valence-corrected chi connectivity index (χ4v) is 3.06. The third kappa shape index (κ3) is 5.08. The van der Waals surface area contributed by atoms with Crippen molar-refractivity contribution in [3.63, 3.8) is 0 Å². The van der Waals surface area contributed by atoms with Crippen molar-refractivity contribution in [2.24, 2.45) is 0 Å². The first kappa shape index (κ1) is 17.0. The van der Waals surface area contributed by atoms with E-state index in [1.807, 2.05) is 6.07 Å². The molecule has 3 rings (SSSR count). The Morgan fingerprint density at radius 1 is 1.04 bits per heavy atom. The third-order valence-electron chi connectivity index (χ3n) is 4.60. The minimum absolute atomic E-state index is 0.629.